The second-order valence-corrected chi connectivity index (χ2v) is 15.2. The lowest BCUT2D eigenvalue weighted by Gasteiger charge is -2.67. The van der Waals surface area contributed by atoms with Crippen molar-refractivity contribution >= 4 is 11.9 Å². The molecule has 6 fully saturated rings. The number of hydrogen-bond acceptors (Lipinski definition) is 6. The Morgan fingerprint density at radius 3 is 2.18 bits per heavy atom. The van der Waals surface area contributed by atoms with Crippen LogP contribution < -0.4 is 4.74 Å². The third-order valence-corrected chi connectivity index (χ3v) is 13.5. The van der Waals surface area contributed by atoms with Crippen LogP contribution in [0.4, 0.5) is 0 Å². The predicted octanol–water partition coefficient (Wildman–Crippen LogP) is 7.40. The lowest BCUT2D eigenvalue weighted by molar-refractivity contribution is -0.190. The first-order valence-electron chi connectivity index (χ1n) is 17.2. The summed E-state index contributed by atoms with van der Waals surface area (Å²) < 4.78 is 14.9. The maximum Gasteiger partial charge on any atom is 0.338 e. The van der Waals surface area contributed by atoms with Gasteiger partial charge in [0.25, 0.3) is 0 Å². The van der Waals surface area contributed by atoms with Gasteiger partial charge in [0.15, 0.2) is 0 Å². The maximum atomic E-state index is 12.3. The summed E-state index contributed by atoms with van der Waals surface area (Å²) in [7, 11) is 2.58. The van der Waals surface area contributed by atoms with Crippen LogP contribution in [0, 0.1) is 51.8 Å². The molecule has 246 valence electrons. The maximum absolute atomic E-state index is 12.3. The van der Waals surface area contributed by atoms with Gasteiger partial charge in [0, 0.05) is 7.11 Å². The molecule has 7 rings (SSSR count). The van der Waals surface area contributed by atoms with Gasteiger partial charge in [-0.25, -0.2) is 4.79 Å². The minimum absolute atomic E-state index is 0.104. The minimum Gasteiger partial charge on any atom is -0.497 e. The van der Waals surface area contributed by atoms with E-state index in [1.54, 1.807) is 31.4 Å². The standard InChI is InChI=1S/C25H40O2.C11H12O4.CH4O/c1-16-6-4-12-23(2)18(16)10-14-24(3)19-11-15-25(22(26)27)13-5-7-20(25)17(19)8-9-21(23)24;1-13-9-4-2-8(3-5-9)11(12)15-7-10-6-14-10;1-2/h16-21H,4-15H2,1-3H3,(H,26,27);2-5,10H,6-7H2,1H3;2H,1H3. The summed E-state index contributed by atoms with van der Waals surface area (Å²) in [6, 6.07) is 6.80. The van der Waals surface area contributed by atoms with Gasteiger partial charge >= 0.3 is 11.9 Å². The number of ether oxygens (including phenoxy) is 3. The number of carboxylic acid groups (broad SMARTS) is 1. The van der Waals surface area contributed by atoms with Crippen LogP contribution in [0.15, 0.2) is 24.3 Å². The van der Waals surface area contributed by atoms with Crippen molar-refractivity contribution in [1.29, 1.82) is 0 Å². The van der Waals surface area contributed by atoms with Crippen molar-refractivity contribution in [2.24, 2.45) is 51.8 Å². The van der Waals surface area contributed by atoms with Crippen LogP contribution in [0.25, 0.3) is 0 Å². The fraction of sp³-hybridized carbons (Fsp3) is 0.784. The van der Waals surface area contributed by atoms with Crippen molar-refractivity contribution in [3.05, 3.63) is 29.8 Å². The molecule has 2 N–H and O–H groups in total. The quantitative estimate of drug-likeness (QED) is 0.264. The molecule has 7 heteroatoms. The highest BCUT2D eigenvalue weighted by molar-refractivity contribution is 5.89. The number of esters is 1. The second-order valence-electron chi connectivity index (χ2n) is 15.2. The molecular formula is C37H56O7. The number of carbonyl (C=O) groups is 2. The van der Waals surface area contributed by atoms with E-state index in [1.165, 1.54) is 57.8 Å². The lowest BCUT2D eigenvalue weighted by Crippen LogP contribution is -2.60. The number of fused-ring (bicyclic) bond motifs is 7. The van der Waals surface area contributed by atoms with Crippen LogP contribution in [0.3, 0.4) is 0 Å². The summed E-state index contributed by atoms with van der Waals surface area (Å²) in [5, 5.41) is 17.1. The van der Waals surface area contributed by atoms with Crippen molar-refractivity contribution in [2.45, 2.75) is 104 Å². The Morgan fingerprint density at radius 2 is 1.52 bits per heavy atom. The van der Waals surface area contributed by atoms with Crippen LogP contribution >= 0.6 is 0 Å². The van der Waals surface area contributed by atoms with Gasteiger partial charge in [-0.1, -0.05) is 40.0 Å². The molecular weight excluding hydrogens is 556 g/mol. The average Bonchev–Trinajstić information content (AvgIpc) is 3.75. The highest BCUT2D eigenvalue weighted by Gasteiger charge is 2.65. The van der Waals surface area contributed by atoms with Gasteiger partial charge in [0.2, 0.25) is 0 Å². The van der Waals surface area contributed by atoms with Crippen LogP contribution in [0.2, 0.25) is 0 Å². The lowest BCUT2D eigenvalue weighted by atomic mass is 9.38. The number of epoxide rings is 1. The molecule has 5 saturated carbocycles. The average molecular weight is 613 g/mol. The molecule has 44 heavy (non-hydrogen) atoms. The molecule has 1 saturated heterocycles. The molecule has 0 aromatic heterocycles. The molecule has 6 aliphatic rings. The number of rotatable bonds is 5. The van der Waals surface area contributed by atoms with Crippen LogP contribution in [-0.2, 0) is 14.3 Å². The number of hydrogen-bond donors (Lipinski definition) is 2. The van der Waals surface area contributed by atoms with Crippen molar-refractivity contribution in [2.75, 3.05) is 27.4 Å². The Labute approximate surface area is 264 Å². The van der Waals surface area contributed by atoms with Crippen LogP contribution in [0.1, 0.15) is 108 Å². The first-order chi connectivity index (χ1) is 21.1. The number of aliphatic hydroxyl groups excluding tert-OH is 1. The zero-order valence-corrected chi connectivity index (χ0v) is 27.7. The van der Waals surface area contributed by atoms with E-state index in [9.17, 15) is 14.7 Å². The molecule has 5 aliphatic carbocycles. The number of benzene rings is 1. The molecule has 10 atom stereocenters. The molecule has 1 aromatic rings. The van der Waals surface area contributed by atoms with Crippen molar-refractivity contribution in [3.8, 4) is 5.75 Å². The molecule has 1 aromatic carbocycles. The minimum atomic E-state index is -0.465. The Kier molecular flexibility index (Phi) is 10.1. The van der Waals surface area contributed by atoms with Gasteiger partial charge in [0.1, 0.15) is 18.5 Å². The second kappa shape index (κ2) is 13.3. The third kappa shape index (κ3) is 5.92. The number of aliphatic hydroxyl groups is 1. The van der Waals surface area contributed by atoms with Gasteiger partial charge < -0.3 is 24.4 Å². The van der Waals surface area contributed by atoms with Gasteiger partial charge in [-0.05, 0) is 128 Å². The summed E-state index contributed by atoms with van der Waals surface area (Å²) in [6.45, 7) is 8.87. The Balaban J connectivity index is 0.000000192. The van der Waals surface area contributed by atoms with Crippen molar-refractivity contribution in [3.63, 3.8) is 0 Å². The molecule has 0 amide bonds. The van der Waals surface area contributed by atoms with Gasteiger partial charge in [-0.3, -0.25) is 4.79 Å². The monoisotopic (exact) mass is 612 g/mol. The van der Waals surface area contributed by atoms with E-state index in [-0.39, 0.29) is 17.5 Å². The van der Waals surface area contributed by atoms with Gasteiger partial charge in [0.05, 0.1) is 24.7 Å². The Morgan fingerprint density at radius 1 is 0.864 bits per heavy atom. The molecule has 10 unspecified atom stereocenters. The van der Waals surface area contributed by atoms with Crippen LogP contribution in [0.5, 0.6) is 5.75 Å². The fourth-order valence-corrected chi connectivity index (χ4v) is 11.4. The number of methoxy groups -OCH3 is 1. The highest BCUT2D eigenvalue weighted by Crippen LogP contribution is 2.71. The van der Waals surface area contributed by atoms with Crippen LogP contribution in [-0.4, -0.2) is 55.7 Å². The zero-order valence-electron chi connectivity index (χ0n) is 27.7. The topological polar surface area (TPSA) is 106 Å². The van der Waals surface area contributed by atoms with E-state index < -0.39 is 5.97 Å². The summed E-state index contributed by atoms with van der Waals surface area (Å²) in [6.07, 6.45) is 15.4. The number of aliphatic carboxylic acids is 1. The first kappa shape index (κ1) is 33.2. The third-order valence-electron chi connectivity index (χ3n) is 13.5. The molecule has 0 spiro atoms. The molecule has 1 aliphatic heterocycles. The molecule has 0 radical (unpaired) electrons. The van der Waals surface area contributed by atoms with E-state index in [2.05, 4.69) is 20.8 Å². The Bertz CT molecular complexity index is 1150. The highest BCUT2D eigenvalue weighted by atomic mass is 16.6. The normalized spacial score (nSPS) is 41.5. The first-order valence-corrected chi connectivity index (χ1v) is 17.2. The van der Waals surface area contributed by atoms with E-state index >= 15 is 0 Å². The van der Waals surface area contributed by atoms with E-state index in [4.69, 9.17) is 19.3 Å². The van der Waals surface area contributed by atoms with E-state index in [0.29, 0.717) is 41.4 Å². The number of carboxylic acids is 1. The molecule has 0 bridgehead atoms. The summed E-state index contributed by atoms with van der Waals surface area (Å²) >= 11 is 0. The van der Waals surface area contributed by atoms with Gasteiger partial charge in [-0.15, -0.1) is 0 Å². The fourth-order valence-electron chi connectivity index (χ4n) is 11.4. The summed E-state index contributed by atoms with van der Waals surface area (Å²) in [5.74, 6) is 4.62. The predicted molar refractivity (Wildman–Crippen MR) is 169 cm³/mol. The van der Waals surface area contributed by atoms with Crippen molar-refractivity contribution < 1.29 is 34.0 Å². The summed E-state index contributed by atoms with van der Waals surface area (Å²) in [5.41, 5.74) is 1.19. The van der Waals surface area contributed by atoms with Gasteiger partial charge in [-0.2, -0.15) is 0 Å². The van der Waals surface area contributed by atoms with Crippen molar-refractivity contribution in [1.82, 2.24) is 0 Å². The molecule has 7 nitrogen and oxygen atoms in total. The number of carbonyl (C=O) groups excluding carboxylic acids is 1. The Hall–Kier alpha value is -2.12. The van der Waals surface area contributed by atoms with E-state index in [0.717, 1.165) is 55.8 Å². The summed E-state index contributed by atoms with van der Waals surface area (Å²) in [4.78, 5) is 23.7. The zero-order chi connectivity index (χ0) is 31.7. The van der Waals surface area contributed by atoms with E-state index in [1.807, 2.05) is 0 Å². The SMILES string of the molecule is CC1CCCC2(C)C1CCC1(C)C3CCC4(C(=O)O)CCCC4C3CCC21.CO.COc1ccc(C(=O)OCC2CO2)cc1. The molecule has 1 heterocycles. The largest absolute Gasteiger partial charge is 0.497 e. The smallest absolute Gasteiger partial charge is 0.338 e.